The highest BCUT2D eigenvalue weighted by molar-refractivity contribution is 5.48. The Labute approximate surface area is 136 Å². The first-order chi connectivity index (χ1) is 11.3. The smallest absolute Gasteiger partial charge is 0.158 e. The molecule has 1 aliphatic heterocycles. The molecule has 1 aromatic carbocycles. The van der Waals surface area contributed by atoms with Gasteiger partial charge in [-0.15, -0.1) is 0 Å². The molecule has 1 unspecified atom stereocenters. The normalized spacial score (nSPS) is 22.4. The standard InChI is InChI=1S/C19H20N4/c20-11-16-12-22-17(13-21-16)23-14-19(9-5-2-6-10-19)18(23)15-7-3-1-4-8-15/h1,3-4,7-8,12-13,18H,2,5-6,9-10,14H2. The Hall–Kier alpha value is -2.41. The van der Waals surface area contributed by atoms with Gasteiger partial charge in [0.25, 0.3) is 0 Å². The largest absolute Gasteiger partial charge is 0.347 e. The number of aromatic nitrogens is 2. The average Bonchev–Trinajstić information content (AvgIpc) is 2.62. The van der Waals surface area contributed by atoms with Gasteiger partial charge in [0, 0.05) is 12.0 Å². The van der Waals surface area contributed by atoms with Gasteiger partial charge in [0.1, 0.15) is 11.9 Å². The fourth-order valence-corrected chi connectivity index (χ4v) is 4.33. The number of hydrogen-bond acceptors (Lipinski definition) is 4. The molecule has 0 radical (unpaired) electrons. The van der Waals surface area contributed by atoms with Crippen LogP contribution in [0, 0.1) is 16.7 Å². The van der Waals surface area contributed by atoms with E-state index in [1.54, 1.807) is 12.4 Å². The van der Waals surface area contributed by atoms with Crippen LogP contribution in [-0.2, 0) is 0 Å². The maximum Gasteiger partial charge on any atom is 0.158 e. The Balaban J connectivity index is 1.68. The summed E-state index contributed by atoms with van der Waals surface area (Å²) in [5.74, 6) is 0.883. The van der Waals surface area contributed by atoms with E-state index in [4.69, 9.17) is 5.26 Å². The molecule has 23 heavy (non-hydrogen) atoms. The third-order valence-corrected chi connectivity index (χ3v) is 5.39. The van der Waals surface area contributed by atoms with Crippen molar-refractivity contribution in [2.75, 3.05) is 11.4 Å². The Morgan fingerprint density at radius 2 is 1.83 bits per heavy atom. The predicted molar refractivity (Wildman–Crippen MR) is 88.8 cm³/mol. The third-order valence-electron chi connectivity index (χ3n) is 5.39. The second-order valence-electron chi connectivity index (χ2n) is 6.74. The van der Waals surface area contributed by atoms with Crippen molar-refractivity contribution in [2.45, 2.75) is 38.1 Å². The number of nitrogens with zero attached hydrogens (tertiary/aromatic N) is 4. The highest BCUT2D eigenvalue weighted by atomic mass is 15.3. The van der Waals surface area contributed by atoms with E-state index < -0.39 is 0 Å². The molecule has 2 aromatic rings. The van der Waals surface area contributed by atoms with Crippen molar-refractivity contribution < 1.29 is 0 Å². The van der Waals surface area contributed by atoms with Crippen LogP contribution in [-0.4, -0.2) is 16.5 Å². The Bertz CT molecular complexity index is 711. The molecule has 1 atom stereocenters. The number of rotatable bonds is 2. The Morgan fingerprint density at radius 1 is 1.04 bits per heavy atom. The molecule has 0 bridgehead atoms. The lowest BCUT2D eigenvalue weighted by Gasteiger charge is -2.60. The van der Waals surface area contributed by atoms with Crippen molar-refractivity contribution in [3.63, 3.8) is 0 Å². The summed E-state index contributed by atoms with van der Waals surface area (Å²) < 4.78 is 0. The second-order valence-corrected chi connectivity index (χ2v) is 6.74. The van der Waals surface area contributed by atoms with Gasteiger partial charge in [0.05, 0.1) is 18.4 Å². The quantitative estimate of drug-likeness (QED) is 0.845. The van der Waals surface area contributed by atoms with Gasteiger partial charge in [-0.1, -0.05) is 49.6 Å². The van der Waals surface area contributed by atoms with Crippen LogP contribution in [0.25, 0.3) is 0 Å². The topological polar surface area (TPSA) is 52.8 Å². The zero-order chi connectivity index (χ0) is 15.7. The van der Waals surface area contributed by atoms with Crippen LogP contribution in [0.4, 0.5) is 5.82 Å². The fourth-order valence-electron chi connectivity index (χ4n) is 4.33. The van der Waals surface area contributed by atoms with Crippen LogP contribution < -0.4 is 4.90 Å². The molecular weight excluding hydrogens is 284 g/mol. The van der Waals surface area contributed by atoms with E-state index >= 15 is 0 Å². The Kier molecular flexibility index (Phi) is 3.49. The van der Waals surface area contributed by atoms with Crippen molar-refractivity contribution >= 4 is 5.82 Å². The summed E-state index contributed by atoms with van der Waals surface area (Å²) >= 11 is 0. The summed E-state index contributed by atoms with van der Waals surface area (Å²) in [4.78, 5) is 11.0. The molecule has 1 spiro atoms. The van der Waals surface area contributed by atoms with Gasteiger partial charge in [0.2, 0.25) is 0 Å². The summed E-state index contributed by atoms with van der Waals surface area (Å²) in [5, 5.41) is 8.90. The first-order valence-electron chi connectivity index (χ1n) is 8.36. The molecule has 0 N–H and O–H groups in total. The number of hydrogen-bond donors (Lipinski definition) is 0. The zero-order valence-corrected chi connectivity index (χ0v) is 13.2. The van der Waals surface area contributed by atoms with E-state index in [0.717, 1.165) is 12.4 Å². The van der Waals surface area contributed by atoms with E-state index in [1.807, 2.05) is 6.07 Å². The van der Waals surface area contributed by atoms with Crippen LogP contribution in [0.3, 0.4) is 0 Å². The van der Waals surface area contributed by atoms with Crippen molar-refractivity contribution in [3.8, 4) is 6.07 Å². The molecule has 116 valence electrons. The summed E-state index contributed by atoms with van der Waals surface area (Å²) in [6, 6.07) is 13.2. The second kappa shape index (κ2) is 5.66. The van der Waals surface area contributed by atoms with Crippen molar-refractivity contribution in [1.29, 1.82) is 5.26 Å². The lowest BCUT2D eigenvalue weighted by atomic mass is 9.61. The molecule has 4 rings (SSSR count). The van der Waals surface area contributed by atoms with Crippen LogP contribution >= 0.6 is 0 Å². The summed E-state index contributed by atoms with van der Waals surface area (Å²) in [5.41, 5.74) is 2.12. The van der Waals surface area contributed by atoms with Crippen LogP contribution in [0.15, 0.2) is 42.7 Å². The first kappa shape index (κ1) is 14.2. The highest BCUT2D eigenvalue weighted by Gasteiger charge is 2.53. The molecule has 4 heteroatoms. The lowest BCUT2D eigenvalue weighted by Crippen LogP contribution is -2.59. The summed E-state index contributed by atoms with van der Waals surface area (Å²) in [6.07, 6.45) is 9.93. The van der Waals surface area contributed by atoms with Crippen molar-refractivity contribution in [1.82, 2.24) is 9.97 Å². The number of nitriles is 1. The molecule has 1 aliphatic carbocycles. The van der Waals surface area contributed by atoms with Crippen LogP contribution in [0.5, 0.6) is 0 Å². The molecule has 2 aliphatic rings. The fraction of sp³-hybridized carbons (Fsp3) is 0.421. The van der Waals surface area contributed by atoms with E-state index in [0.29, 0.717) is 17.2 Å². The number of benzene rings is 1. The Morgan fingerprint density at radius 3 is 2.48 bits per heavy atom. The first-order valence-corrected chi connectivity index (χ1v) is 8.36. The lowest BCUT2D eigenvalue weighted by molar-refractivity contribution is 0.0722. The van der Waals surface area contributed by atoms with Crippen molar-refractivity contribution in [3.05, 3.63) is 54.0 Å². The van der Waals surface area contributed by atoms with Crippen LogP contribution in [0.2, 0.25) is 0 Å². The maximum absolute atomic E-state index is 8.90. The van der Waals surface area contributed by atoms with Gasteiger partial charge in [-0.05, 0) is 18.4 Å². The van der Waals surface area contributed by atoms with Gasteiger partial charge < -0.3 is 4.90 Å². The van der Waals surface area contributed by atoms with Gasteiger partial charge in [-0.25, -0.2) is 9.97 Å². The monoisotopic (exact) mass is 304 g/mol. The van der Waals surface area contributed by atoms with Crippen LogP contribution in [0.1, 0.15) is 49.4 Å². The average molecular weight is 304 g/mol. The molecule has 4 nitrogen and oxygen atoms in total. The van der Waals surface area contributed by atoms with E-state index in [2.05, 4.69) is 45.2 Å². The zero-order valence-electron chi connectivity index (χ0n) is 13.2. The van der Waals surface area contributed by atoms with E-state index in [1.165, 1.54) is 37.7 Å². The van der Waals surface area contributed by atoms with Crippen molar-refractivity contribution in [2.24, 2.45) is 5.41 Å². The summed E-state index contributed by atoms with van der Waals surface area (Å²) in [7, 11) is 0. The van der Waals surface area contributed by atoms with Gasteiger partial charge >= 0.3 is 0 Å². The predicted octanol–water partition coefficient (Wildman–Crippen LogP) is 3.86. The molecule has 1 aromatic heterocycles. The molecule has 2 fully saturated rings. The molecule has 0 amide bonds. The number of anilines is 1. The molecule has 1 saturated carbocycles. The third kappa shape index (κ3) is 2.37. The SMILES string of the molecule is N#Cc1cnc(N2CC3(CCCCC3)C2c2ccccc2)cn1. The summed E-state index contributed by atoms with van der Waals surface area (Å²) in [6.45, 7) is 1.05. The van der Waals surface area contributed by atoms with E-state index in [9.17, 15) is 0 Å². The molecule has 2 heterocycles. The van der Waals surface area contributed by atoms with Gasteiger partial charge in [-0.3, -0.25) is 0 Å². The molecular formula is C19H20N4. The van der Waals surface area contributed by atoms with Gasteiger partial charge in [-0.2, -0.15) is 5.26 Å². The maximum atomic E-state index is 8.90. The van der Waals surface area contributed by atoms with Gasteiger partial charge in [0.15, 0.2) is 5.69 Å². The van der Waals surface area contributed by atoms with E-state index in [-0.39, 0.29) is 0 Å². The highest BCUT2D eigenvalue weighted by Crippen LogP contribution is 2.57. The minimum atomic E-state index is 0.373. The minimum absolute atomic E-state index is 0.373. The molecule has 1 saturated heterocycles. The minimum Gasteiger partial charge on any atom is -0.347 e.